The van der Waals surface area contributed by atoms with Crippen molar-refractivity contribution in [3.8, 4) is 0 Å². The highest BCUT2D eigenvalue weighted by molar-refractivity contribution is 6.31. The predicted octanol–water partition coefficient (Wildman–Crippen LogP) is 3.17. The molecule has 4 nitrogen and oxygen atoms in total. The molecule has 2 unspecified atom stereocenters. The number of imidazole rings is 1. The van der Waals surface area contributed by atoms with Gasteiger partial charge in [-0.2, -0.15) is 0 Å². The first-order chi connectivity index (χ1) is 8.70. The van der Waals surface area contributed by atoms with E-state index in [2.05, 4.69) is 21.5 Å². The van der Waals surface area contributed by atoms with Gasteiger partial charge in [0.05, 0.1) is 23.0 Å². The number of ether oxygens (including phenoxy) is 1. The Labute approximate surface area is 115 Å². The smallest absolute Gasteiger partial charge is 0.160 e. The lowest BCUT2D eigenvalue weighted by atomic mass is 10.1. The average molecular weight is 286 g/mol. The van der Waals surface area contributed by atoms with Crippen LogP contribution in [-0.2, 0) is 10.6 Å². The monoisotopic (exact) mass is 285 g/mol. The number of pyridine rings is 1. The average Bonchev–Trinajstić information content (AvgIpc) is 2.91. The molecular weight excluding hydrogens is 273 g/mol. The maximum absolute atomic E-state index is 5.98. The molecule has 1 aliphatic heterocycles. The van der Waals surface area contributed by atoms with Crippen molar-refractivity contribution in [2.24, 2.45) is 0 Å². The Morgan fingerprint density at radius 2 is 2.39 bits per heavy atom. The van der Waals surface area contributed by atoms with Crippen molar-refractivity contribution < 1.29 is 4.74 Å². The molecule has 0 spiro atoms. The van der Waals surface area contributed by atoms with Crippen LogP contribution >= 0.6 is 23.2 Å². The lowest BCUT2D eigenvalue weighted by molar-refractivity contribution is 0.108. The molecule has 0 aromatic carbocycles. The molecule has 0 N–H and O–H groups in total. The second kappa shape index (κ2) is 4.68. The van der Waals surface area contributed by atoms with Crippen LogP contribution in [0.25, 0.3) is 11.2 Å². The van der Waals surface area contributed by atoms with Crippen LogP contribution in [0.4, 0.5) is 0 Å². The van der Waals surface area contributed by atoms with E-state index in [0.717, 1.165) is 30.0 Å². The summed E-state index contributed by atoms with van der Waals surface area (Å²) in [5, 5.41) is 0.587. The fourth-order valence-electron chi connectivity index (χ4n) is 2.51. The van der Waals surface area contributed by atoms with Crippen molar-refractivity contribution in [3.63, 3.8) is 0 Å². The zero-order valence-electron chi connectivity index (χ0n) is 9.94. The Morgan fingerprint density at radius 1 is 1.56 bits per heavy atom. The third-order valence-electron chi connectivity index (χ3n) is 3.36. The van der Waals surface area contributed by atoms with E-state index in [4.69, 9.17) is 27.9 Å². The molecular formula is C12H13Cl2N3O. The Bertz CT molecular complexity index is 584. The molecule has 0 aliphatic carbocycles. The van der Waals surface area contributed by atoms with E-state index in [1.165, 1.54) is 0 Å². The summed E-state index contributed by atoms with van der Waals surface area (Å²) in [6.45, 7) is 2.83. The minimum absolute atomic E-state index is 0.154. The summed E-state index contributed by atoms with van der Waals surface area (Å²) in [7, 11) is 0. The lowest BCUT2D eigenvalue weighted by Gasteiger charge is -2.18. The number of hydrogen-bond donors (Lipinski definition) is 0. The first kappa shape index (κ1) is 12.2. The van der Waals surface area contributed by atoms with E-state index in [1.807, 2.05) is 6.07 Å². The highest BCUT2D eigenvalue weighted by Crippen LogP contribution is 2.31. The molecule has 0 radical (unpaired) electrons. The molecule has 18 heavy (non-hydrogen) atoms. The summed E-state index contributed by atoms with van der Waals surface area (Å²) < 4.78 is 7.71. The second-order valence-corrected chi connectivity index (χ2v) is 5.16. The highest BCUT2D eigenvalue weighted by Gasteiger charge is 2.29. The SMILES string of the molecule is CC1OCCC1n1c(CCl)nc2cc(Cl)cnc21. The summed E-state index contributed by atoms with van der Waals surface area (Å²) >= 11 is 11.9. The van der Waals surface area contributed by atoms with Crippen molar-refractivity contribution >= 4 is 34.4 Å². The Balaban J connectivity index is 2.19. The number of halogens is 2. The van der Waals surface area contributed by atoms with Gasteiger partial charge in [-0.3, -0.25) is 0 Å². The Hall–Kier alpha value is -0.840. The first-order valence-corrected chi connectivity index (χ1v) is 6.82. The van der Waals surface area contributed by atoms with Crippen LogP contribution in [0.1, 0.15) is 25.2 Å². The number of alkyl halides is 1. The van der Waals surface area contributed by atoms with Gasteiger partial charge in [-0.25, -0.2) is 9.97 Å². The van der Waals surface area contributed by atoms with Gasteiger partial charge in [0.15, 0.2) is 5.65 Å². The van der Waals surface area contributed by atoms with Crippen LogP contribution in [0.3, 0.4) is 0 Å². The fourth-order valence-corrected chi connectivity index (χ4v) is 2.85. The third kappa shape index (κ3) is 1.88. The van der Waals surface area contributed by atoms with E-state index in [-0.39, 0.29) is 12.1 Å². The normalized spacial score (nSPS) is 23.9. The number of hydrogen-bond acceptors (Lipinski definition) is 3. The predicted molar refractivity (Wildman–Crippen MR) is 71.2 cm³/mol. The molecule has 2 atom stereocenters. The maximum Gasteiger partial charge on any atom is 0.160 e. The van der Waals surface area contributed by atoms with Crippen molar-refractivity contribution in [2.75, 3.05) is 6.61 Å². The number of rotatable bonds is 2. The molecule has 1 saturated heterocycles. The van der Waals surface area contributed by atoms with Gasteiger partial charge in [0.2, 0.25) is 0 Å². The molecule has 96 valence electrons. The van der Waals surface area contributed by atoms with E-state index in [9.17, 15) is 0 Å². The van der Waals surface area contributed by atoms with Crippen LogP contribution in [0, 0.1) is 0 Å². The van der Waals surface area contributed by atoms with Crippen LogP contribution in [0.5, 0.6) is 0 Å². The molecule has 0 saturated carbocycles. The molecule has 6 heteroatoms. The summed E-state index contributed by atoms with van der Waals surface area (Å²) in [5.74, 6) is 1.18. The molecule has 0 bridgehead atoms. The summed E-state index contributed by atoms with van der Waals surface area (Å²) in [4.78, 5) is 8.88. The lowest BCUT2D eigenvalue weighted by Crippen LogP contribution is -2.19. The van der Waals surface area contributed by atoms with Crippen LogP contribution in [0.2, 0.25) is 5.02 Å². The van der Waals surface area contributed by atoms with Gasteiger partial charge in [0.1, 0.15) is 11.3 Å². The Kier molecular flexibility index (Phi) is 3.18. The molecule has 2 aromatic rings. The maximum atomic E-state index is 5.98. The van der Waals surface area contributed by atoms with Crippen LogP contribution < -0.4 is 0 Å². The van der Waals surface area contributed by atoms with Crippen molar-refractivity contribution in [3.05, 3.63) is 23.1 Å². The highest BCUT2D eigenvalue weighted by atomic mass is 35.5. The van der Waals surface area contributed by atoms with E-state index >= 15 is 0 Å². The van der Waals surface area contributed by atoms with Gasteiger partial charge < -0.3 is 9.30 Å². The topological polar surface area (TPSA) is 39.9 Å². The largest absolute Gasteiger partial charge is 0.376 e. The number of fused-ring (bicyclic) bond motifs is 1. The van der Waals surface area contributed by atoms with Gasteiger partial charge in [0.25, 0.3) is 0 Å². The van der Waals surface area contributed by atoms with Gasteiger partial charge in [-0.05, 0) is 19.4 Å². The Morgan fingerprint density at radius 3 is 3.06 bits per heavy atom. The molecule has 3 rings (SSSR count). The van der Waals surface area contributed by atoms with Crippen LogP contribution in [0.15, 0.2) is 12.3 Å². The van der Waals surface area contributed by atoms with E-state index in [0.29, 0.717) is 10.9 Å². The summed E-state index contributed by atoms with van der Waals surface area (Å²) in [6, 6.07) is 2.06. The summed E-state index contributed by atoms with van der Waals surface area (Å²) in [5.41, 5.74) is 1.62. The zero-order valence-corrected chi connectivity index (χ0v) is 11.4. The molecule has 1 fully saturated rings. The standard InChI is InChI=1S/C12H13Cl2N3O/c1-7-10(2-3-18-7)17-11(5-13)16-9-4-8(14)6-15-12(9)17/h4,6-7,10H,2-3,5H2,1H3. The first-order valence-electron chi connectivity index (χ1n) is 5.90. The number of aromatic nitrogens is 3. The second-order valence-electron chi connectivity index (χ2n) is 4.46. The number of nitrogens with zero attached hydrogens (tertiary/aromatic N) is 3. The third-order valence-corrected chi connectivity index (χ3v) is 3.80. The molecule has 0 amide bonds. The molecule has 3 heterocycles. The minimum Gasteiger partial charge on any atom is -0.376 e. The van der Waals surface area contributed by atoms with Crippen molar-refractivity contribution in [2.45, 2.75) is 31.4 Å². The van der Waals surface area contributed by atoms with Gasteiger partial charge in [0, 0.05) is 12.8 Å². The summed E-state index contributed by atoms with van der Waals surface area (Å²) in [6.07, 6.45) is 2.75. The van der Waals surface area contributed by atoms with Crippen molar-refractivity contribution in [1.82, 2.24) is 14.5 Å². The fraction of sp³-hybridized carbons (Fsp3) is 0.500. The van der Waals surface area contributed by atoms with E-state index in [1.54, 1.807) is 6.20 Å². The molecule has 2 aromatic heterocycles. The van der Waals surface area contributed by atoms with Gasteiger partial charge in [-0.1, -0.05) is 11.6 Å². The van der Waals surface area contributed by atoms with E-state index < -0.39 is 0 Å². The van der Waals surface area contributed by atoms with Gasteiger partial charge >= 0.3 is 0 Å². The quantitative estimate of drug-likeness (QED) is 0.796. The van der Waals surface area contributed by atoms with Crippen molar-refractivity contribution in [1.29, 1.82) is 0 Å². The van der Waals surface area contributed by atoms with Gasteiger partial charge in [-0.15, -0.1) is 11.6 Å². The minimum atomic E-state index is 0.154. The molecule has 1 aliphatic rings. The zero-order chi connectivity index (χ0) is 12.7. The van der Waals surface area contributed by atoms with Crippen LogP contribution in [-0.4, -0.2) is 27.2 Å².